The minimum Gasteiger partial charge on any atom is -0.399 e. The first-order valence-corrected chi connectivity index (χ1v) is 6.68. The molecule has 0 aromatic heterocycles. The van der Waals surface area contributed by atoms with E-state index < -0.39 is 0 Å². The molecule has 0 saturated carbocycles. The number of fused-ring (bicyclic) bond motifs is 1. The number of anilines is 4. The number of nitrogens with one attached hydrogen (secondary N) is 1. The summed E-state index contributed by atoms with van der Waals surface area (Å²) in [7, 11) is 1.87. The van der Waals surface area contributed by atoms with Crippen molar-refractivity contribution in [3.63, 3.8) is 0 Å². The standard InChI is InChI=1S/C16H17N3O/c1-18-13-3-2-4-14(10-13)19-15-7-6-12(17)9-11(15)5-8-16(19)20/h2-4,6-7,9-10,18H,5,8,17H2,1H3. The highest BCUT2D eigenvalue weighted by molar-refractivity contribution is 6.03. The maximum Gasteiger partial charge on any atom is 0.231 e. The van der Waals surface area contributed by atoms with E-state index >= 15 is 0 Å². The Kier molecular flexibility index (Phi) is 3.06. The van der Waals surface area contributed by atoms with Crippen molar-refractivity contribution in [2.24, 2.45) is 0 Å². The van der Waals surface area contributed by atoms with Crippen LogP contribution in [0.3, 0.4) is 0 Å². The summed E-state index contributed by atoms with van der Waals surface area (Å²) in [5.74, 6) is 0.121. The van der Waals surface area contributed by atoms with E-state index in [9.17, 15) is 4.79 Å². The lowest BCUT2D eigenvalue weighted by molar-refractivity contribution is -0.118. The maximum atomic E-state index is 12.3. The van der Waals surface area contributed by atoms with Crippen molar-refractivity contribution < 1.29 is 4.79 Å². The van der Waals surface area contributed by atoms with Gasteiger partial charge >= 0.3 is 0 Å². The Hall–Kier alpha value is -2.49. The number of hydrogen-bond donors (Lipinski definition) is 2. The van der Waals surface area contributed by atoms with Gasteiger partial charge in [-0.25, -0.2) is 0 Å². The Morgan fingerprint density at radius 3 is 2.80 bits per heavy atom. The summed E-state index contributed by atoms with van der Waals surface area (Å²) in [5.41, 5.74) is 10.5. The number of nitrogen functional groups attached to an aromatic ring is 1. The highest BCUT2D eigenvalue weighted by Gasteiger charge is 2.25. The third-order valence-corrected chi connectivity index (χ3v) is 3.60. The minimum absolute atomic E-state index is 0.121. The number of nitrogens with zero attached hydrogens (tertiary/aromatic N) is 1. The summed E-state index contributed by atoms with van der Waals surface area (Å²) in [6.07, 6.45) is 1.27. The van der Waals surface area contributed by atoms with Crippen LogP contribution in [0, 0.1) is 0 Å². The molecule has 4 nitrogen and oxygen atoms in total. The lowest BCUT2D eigenvalue weighted by Gasteiger charge is -2.30. The van der Waals surface area contributed by atoms with Crippen LogP contribution in [0.5, 0.6) is 0 Å². The van der Waals surface area contributed by atoms with Crippen molar-refractivity contribution in [2.45, 2.75) is 12.8 Å². The SMILES string of the molecule is CNc1cccc(N2C(=O)CCc3cc(N)ccc32)c1. The fraction of sp³-hybridized carbons (Fsp3) is 0.188. The van der Waals surface area contributed by atoms with Crippen LogP contribution < -0.4 is 16.0 Å². The number of rotatable bonds is 2. The molecule has 1 aliphatic heterocycles. The van der Waals surface area contributed by atoms with Gasteiger partial charge in [0.1, 0.15) is 0 Å². The quantitative estimate of drug-likeness (QED) is 0.822. The number of carbonyl (C=O) groups is 1. The van der Waals surface area contributed by atoms with E-state index in [2.05, 4.69) is 5.32 Å². The number of hydrogen-bond acceptors (Lipinski definition) is 3. The monoisotopic (exact) mass is 267 g/mol. The van der Waals surface area contributed by atoms with Crippen LogP contribution in [-0.2, 0) is 11.2 Å². The number of benzene rings is 2. The molecule has 0 fully saturated rings. The zero-order chi connectivity index (χ0) is 14.1. The number of carbonyl (C=O) groups excluding carboxylic acids is 1. The van der Waals surface area contributed by atoms with Crippen LogP contribution in [0.15, 0.2) is 42.5 Å². The fourth-order valence-electron chi connectivity index (χ4n) is 2.60. The summed E-state index contributed by atoms with van der Waals surface area (Å²) in [5, 5.41) is 3.10. The topological polar surface area (TPSA) is 58.4 Å². The molecular formula is C16H17N3O. The molecule has 0 radical (unpaired) electrons. The third kappa shape index (κ3) is 2.09. The predicted molar refractivity (Wildman–Crippen MR) is 82.3 cm³/mol. The second-order valence-corrected chi connectivity index (χ2v) is 4.92. The molecule has 1 aliphatic rings. The van der Waals surface area contributed by atoms with E-state index in [4.69, 9.17) is 5.73 Å². The first-order valence-electron chi connectivity index (χ1n) is 6.68. The summed E-state index contributed by atoms with van der Waals surface area (Å²) in [4.78, 5) is 14.1. The van der Waals surface area contributed by atoms with Gasteiger partial charge in [0, 0.05) is 24.8 Å². The summed E-state index contributed by atoms with van der Waals surface area (Å²) in [6.45, 7) is 0. The molecule has 2 aromatic carbocycles. The molecule has 0 unspecified atom stereocenters. The van der Waals surface area contributed by atoms with Gasteiger partial charge < -0.3 is 11.1 Å². The van der Waals surface area contributed by atoms with Crippen molar-refractivity contribution in [3.05, 3.63) is 48.0 Å². The van der Waals surface area contributed by atoms with Gasteiger partial charge in [-0.1, -0.05) is 6.07 Å². The molecule has 0 saturated heterocycles. The van der Waals surface area contributed by atoms with Gasteiger partial charge in [-0.3, -0.25) is 9.69 Å². The van der Waals surface area contributed by atoms with Gasteiger partial charge in [-0.15, -0.1) is 0 Å². The highest BCUT2D eigenvalue weighted by Crippen LogP contribution is 2.35. The Morgan fingerprint density at radius 2 is 2.00 bits per heavy atom. The van der Waals surface area contributed by atoms with Crippen LogP contribution in [-0.4, -0.2) is 13.0 Å². The minimum atomic E-state index is 0.121. The fourth-order valence-corrected chi connectivity index (χ4v) is 2.60. The molecule has 0 aliphatic carbocycles. The molecule has 0 atom stereocenters. The molecule has 102 valence electrons. The van der Waals surface area contributed by atoms with Crippen LogP contribution in [0.25, 0.3) is 0 Å². The lowest BCUT2D eigenvalue weighted by Crippen LogP contribution is -2.30. The number of aryl methyl sites for hydroxylation is 1. The average Bonchev–Trinajstić information content (AvgIpc) is 2.47. The molecule has 20 heavy (non-hydrogen) atoms. The molecule has 4 heteroatoms. The van der Waals surface area contributed by atoms with Crippen LogP contribution in [0.4, 0.5) is 22.7 Å². The first-order chi connectivity index (χ1) is 9.69. The summed E-state index contributed by atoms with van der Waals surface area (Å²) in [6, 6.07) is 13.6. The predicted octanol–water partition coefficient (Wildman–Crippen LogP) is 2.92. The highest BCUT2D eigenvalue weighted by atomic mass is 16.2. The van der Waals surface area contributed by atoms with E-state index in [-0.39, 0.29) is 5.91 Å². The van der Waals surface area contributed by atoms with E-state index in [1.54, 1.807) is 4.90 Å². The van der Waals surface area contributed by atoms with Crippen molar-refractivity contribution in [1.29, 1.82) is 0 Å². The van der Waals surface area contributed by atoms with Crippen molar-refractivity contribution >= 4 is 28.7 Å². The van der Waals surface area contributed by atoms with Gasteiger partial charge in [0.15, 0.2) is 0 Å². The Morgan fingerprint density at radius 1 is 1.15 bits per heavy atom. The summed E-state index contributed by atoms with van der Waals surface area (Å²) < 4.78 is 0. The Labute approximate surface area is 118 Å². The van der Waals surface area contributed by atoms with E-state index in [1.807, 2.05) is 49.5 Å². The van der Waals surface area contributed by atoms with E-state index in [1.165, 1.54) is 0 Å². The first kappa shape index (κ1) is 12.5. The third-order valence-electron chi connectivity index (χ3n) is 3.60. The molecule has 1 heterocycles. The van der Waals surface area contributed by atoms with E-state index in [0.29, 0.717) is 6.42 Å². The molecule has 3 N–H and O–H groups in total. The zero-order valence-corrected chi connectivity index (χ0v) is 11.4. The molecule has 1 amide bonds. The van der Waals surface area contributed by atoms with E-state index in [0.717, 1.165) is 34.7 Å². The number of amides is 1. The smallest absolute Gasteiger partial charge is 0.231 e. The second kappa shape index (κ2) is 4.89. The average molecular weight is 267 g/mol. The maximum absolute atomic E-state index is 12.3. The van der Waals surface area contributed by atoms with Crippen molar-refractivity contribution in [2.75, 3.05) is 23.0 Å². The summed E-state index contributed by atoms with van der Waals surface area (Å²) >= 11 is 0. The van der Waals surface area contributed by atoms with Crippen LogP contribution >= 0.6 is 0 Å². The largest absolute Gasteiger partial charge is 0.399 e. The second-order valence-electron chi connectivity index (χ2n) is 4.92. The molecule has 0 bridgehead atoms. The number of nitrogens with two attached hydrogens (primary N) is 1. The normalized spacial score (nSPS) is 14.1. The Balaban J connectivity index is 2.10. The van der Waals surface area contributed by atoms with Gasteiger partial charge in [-0.2, -0.15) is 0 Å². The van der Waals surface area contributed by atoms with Crippen LogP contribution in [0.2, 0.25) is 0 Å². The van der Waals surface area contributed by atoms with Crippen molar-refractivity contribution in [3.8, 4) is 0 Å². The van der Waals surface area contributed by atoms with Gasteiger partial charge in [0.05, 0.1) is 11.4 Å². The molecule has 0 spiro atoms. The molecule has 2 aromatic rings. The van der Waals surface area contributed by atoms with Crippen molar-refractivity contribution in [1.82, 2.24) is 0 Å². The van der Waals surface area contributed by atoms with Gasteiger partial charge in [0.2, 0.25) is 5.91 Å². The Bertz CT molecular complexity index is 667. The van der Waals surface area contributed by atoms with Gasteiger partial charge in [0.25, 0.3) is 0 Å². The van der Waals surface area contributed by atoms with Crippen LogP contribution in [0.1, 0.15) is 12.0 Å². The lowest BCUT2D eigenvalue weighted by atomic mass is 9.99. The zero-order valence-electron chi connectivity index (χ0n) is 11.4. The molecular weight excluding hydrogens is 250 g/mol. The van der Waals surface area contributed by atoms with Gasteiger partial charge in [-0.05, 0) is 48.4 Å². The molecule has 3 rings (SSSR count).